The Kier molecular flexibility index (Phi) is 3.33. The molecule has 122 valence electrons. The molecule has 4 atom stereocenters. The number of hydrogen-bond donors (Lipinski definition) is 1. The summed E-state index contributed by atoms with van der Waals surface area (Å²) in [4.78, 5) is 0. The minimum absolute atomic E-state index is 0.417. The molecule has 0 saturated carbocycles. The molecular weight excluding hydrogens is 318 g/mol. The van der Waals surface area contributed by atoms with Crippen LogP contribution in [-0.2, 0) is 9.47 Å². The molecule has 0 amide bonds. The quantitative estimate of drug-likeness (QED) is 0.839. The van der Waals surface area contributed by atoms with Gasteiger partial charge in [-0.3, -0.25) is 5.41 Å². The number of fused-ring (bicyclic) bond motifs is 2. The number of nitriles is 4. The highest BCUT2D eigenvalue weighted by Gasteiger charge is 2.78. The van der Waals surface area contributed by atoms with E-state index >= 15 is 0 Å². The van der Waals surface area contributed by atoms with Crippen molar-refractivity contribution >= 4 is 5.90 Å². The lowest BCUT2D eigenvalue weighted by Crippen LogP contribution is -2.57. The van der Waals surface area contributed by atoms with Crippen LogP contribution in [0.15, 0.2) is 24.3 Å². The Morgan fingerprint density at radius 1 is 1.04 bits per heavy atom. The van der Waals surface area contributed by atoms with Gasteiger partial charge in [-0.25, -0.2) is 0 Å². The third-order valence-electron chi connectivity index (χ3n) is 5.34. The fraction of sp³-hybridized carbons (Fsp3) is 0.389. The normalized spacial score (nSPS) is 34.7. The van der Waals surface area contributed by atoms with Crippen LogP contribution in [0.1, 0.15) is 31.1 Å². The average molecular weight is 331 g/mol. The first kappa shape index (κ1) is 16.5. The number of nitrogens with one attached hydrogen (secondary N) is 1. The van der Waals surface area contributed by atoms with Crippen LogP contribution in [0.2, 0.25) is 0 Å². The molecule has 1 N–H and O–H groups in total. The highest BCUT2D eigenvalue weighted by molar-refractivity contribution is 5.89. The van der Waals surface area contributed by atoms with Gasteiger partial charge in [0.2, 0.25) is 17.1 Å². The van der Waals surface area contributed by atoms with Crippen molar-refractivity contribution in [3.8, 4) is 24.3 Å². The molecule has 2 saturated heterocycles. The van der Waals surface area contributed by atoms with Crippen LogP contribution < -0.4 is 0 Å². The molecule has 3 rings (SSSR count). The molecule has 2 bridgehead atoms. The van der Waals surface area contributed by atoms with E-state index in [9.17, 15) is 15.8 Å². The third-order valence-corrected chi connectivity index (χ3v) is 5.34. The van der Waals surface area contributed by atoms with E-state index in [-0.39, 0.29) is 0 Å². The molecule has 2 aliphatic rings. The molecule has 0 aromatic heterocycles. The maximum atomic E-state index is 9.90. The summed E-state index contributed by atoms with van der Waals surface area (Å²) in [6.07, 6.45) is -1.10. The third kappa shape index (κ3) is 1.71. The Balaban J connectivity index is 2.29. The Morgan fingerprint density at radius 2 is 1.64 bits per heavy atom. The van der Waals surface area contributed by atoms with Gasteiger partial charge >= 0.3 is 0 Å². The maximum Gasteiger partial charge on any atom is 0.214 e. The van der Waals surface area contributed by atoms with Crippen molar-refractivity contribution in [3.63, 3.8) is 0 Å². The Labute approximate surface area is 144 Å². The van der Waals surface area contributed by atoms with E-state index in [0.717, 1.165) is 0 Å². The van der Waals surface area contributed by atoms with Crippen molar-refractivity contribution in [2.45, 2.75) is 25.7 Å². The zero-order valence-electron chi connectivity index (χ0n) is 13.6. The van der Waals surface area contributed by atoms with Crippen LogP contribution >= 0.6 is 0 Å². The molecule has 1 aromatic rings. The summed E-state index contributed by atoms with van der Waals surface area (Å²) < 4.78 is 11.5. The van der Waals surface area contributed by atoms with Crippen LogP contribution in [0.5, 0.6) is 0 Å². The molecule has 2 aliphatic heterocycles. The number of ether oxygens (including phenoxy) is 2. The van der Waals surface area contributed by atoms with Gasteiger partial charge in [0.1, 0.15) is 6.10 Å². The molecule has 7 nitrogen and oxygen atoms in total. The number of rotatable bonds is 1. The van der Waals surface area contributed by atoms with Crippen molar-refractivity contribution < 1.29 is 9.47 Å². The van der Waals surface area contributed by atoms with E-state index in [0.29, 0.717) is 11.1 Å². The van der Waals surface area contributed by atoms with Gasteiger partial charge < -0.3 is 9.47 Å². The van der Waals surface area contributed by atoms with Crippen LogP contribution in [0.25, 0.3) is 0 Å². The number of hydrogen-bond acceptors (Lipinski definition) is 7. The molecule has 0 spiro atoms. The summed E-state index contributed by atoms with van der Waals surface area (Å²) in [6, 6.07) is 14.2. The fourth-order valence-corrected chi connectivity index (χ4v) is 3.74. The van der Waals surface area contributed by atoms with Gasteiger partial charge in [0.25, 0.3) is 0 Å². The molecular formula is C18H13N5O2. The van der Waals surface area contributed by atoms with Gasteiger partial charge in [0.15, 0.2) is 5.41 Å². The summed E-state index contributed by atoms with van der Waals surface area (Å²) in [5.41, 5.74) is -2.82. The molecule has 4 unspecified atom stereocenters. The monoisotopic (exact) mass is 331 g/mol. The van der Waals surface area contributed by atoms with Crippen molar-refractivity contribution in [2.75, 3.05) is 0 Å². The predicted molar refractivity (Wildman–Crippen MR) is 83.1 cm³/mol. The first-order chi connectivity index (χ1) is 11.8. The predicted octanol–water partition coefficient (Wildman–Crippen LogP) is 2.53. The fourth-order valence-electron chi connectivity index (χ4n) is 3.74. The van der Waals surface area contributed by atoms with E-state index in [1.807, 2.05) is 24.3 Å². The number of benzene rings is 1. The minimum atomic E-state index is -1.96. The molecule has 2 fully saturated rings. The first-order valence-corrected chi connectivity index (χ1v) is 7.55. The van der Waals surface area contributed by atoms with E-state index in [2.05, 4.69) is 0 Å². The van der Waals surface area contributed by atoms with Gasteiger partial charge in [-0.2, -0.15) is 21.0 Å². The van der Waals surface area contributed by atoms with Crippen LogP contribution in [0, 0.1) is 67.5 Å². The molecule has 1 aromatic carbocycles. The van der Waals surface area contributed by atoms with Crippen molar-refractivity contribution in [3.05, 3.63) is 35.4 Å². The van der Waals surface area contributed by atoms with Crippen LogP contribution in [0.4, 0.5) is 0 Å². The maximum absolute atomic E-state index is 9.90. The molecule has 25 heavy (non-hydrogen) atoms. The first-order valence-electron chi connectivity index (χ1n) is 7.55. The summed E-state index contributed by atoms with van der Waals surface area (Å²) in [7, 11) is 0. The van der Waals surface area contributed by atoms with Crippen molar-refractivity contribution in [1.82, 2.24) is 0 Å². The lowest BCUT2D eigenvalue weighted by molar-refractivity contribution is -0.268. The van der Waals surface area contributed by atoms with Crippen molar-refractivity contribution in [2.24, 2.45) is 16.7 Å². The van der Waals surface area contributed by atoms with Gasteiger partial charge in [0, 0.05) is 6.92 Å². The summed E-state index contributed by atoms with van der Waals surface area (Å²) in [5, 5.41) is 46.8. The van der Waals surface area contributed by atoms with Crippen LogP contribution in [0.3, 0.4) is 0 Å². The lowest BCUT2D eigenvalue weighted by atomic mass is 9.54. The molecule has 2 heterocycles. The van der Waals surface area contributed by atoms with Crippen molar-refractivity contribution in [1.29, 1.82) is 26.5 Å². The SMILES string of the molecule is CC1C2(C)OC(=N)C1(C#N)C(C#N)(C#N)C(c1ccc(C#N)cc1)O2. The largest absolute Gasteiger partial charge is 0.448 e. The summed E-state index contributed by atoms with van der Waals surface area (Å²) in [6.45, 7) is 3.24. The average Bonchev–Trinajstić information content (AvgIpc) is 2.77. The molecule has 0 aliphatic carbocycles. The smallest absolute Gasteiger partial charge is 0.214 e. The Morgan fingerprint density at radius 3 is 2.12 bits per heavy atom. The topological polar surface area (TPSA) is 137 Å². The highest BCUT2D eigenvalue weighted by Crippen LogP contribution is 2.66. The lowest BCUT2D eigenvalue weighted by Gasteiger charge is -2.47. The Bertz CT molecular complexity index is 913. The zero-order chi connectivity index (χ0) is 18.5. The van der Waals surface area contributed by atoms with Crippen LogP contribution in [-0.4, -0.2) is 11.7 Å². The second-order valence-electron chi connectivity index (χ2n) is 6.35. The standard InChI is InChI=1S/C18H13N5O2/c1-11-16(2)24-14(13-5-3-12(7-19)4-6-13)17(8-20,9-21)18(11,10-22)15(23)25-16/h3-6,11,14,23H,1-2H3. The van der Waals surface area contributed by atoms with Gasteiger partial charge in [-0.05, 0) is 17.7 Å². The van der Waals surface area contributed by atoms with E-state index in [1.165, 1.54) is 0 Å². The summed E-state index contributed by atoms with van der Waals surface area (Å²) >= 11 is 0. The Hall–Kier alpha value is -3.39. The van der Waals surface area contributed by atoms with E-state index in [4.69, 9.17) is 20.1 Å². The highest BCUT2D eigenvalue weighted by atomic mass is 16.7. The summed E-state index contributed by atoms with van der Waals surface area (Å²) in [5.74, 6) is -2.42. The van der Waals surface area contributed by atoms with E-state index < -0.39 is 34.5 Å². The van der Waals surface area contributed by atoms with Gasteiger partial charge in [0.05, 0.1) is 35.8 Å². The number of nitrogens with zero attached hydrogens (tertiary/aromatic N) is 4. The van der Waals surface area contributed by atoms with Gasteiger partial charge in [-0.1, -0.05) is 19.1 Å². The minimum Gasteiger partial charge on any atom is -0.448 e. The molecule has 7 heteroatoms. The second-order valence-corrected chi connectivity index (χ2v) is 6.35. The molecule has 0 radical (unpaired) electrons. The van der Waals surface area contributed by atoms with Gasteiger partial charge in [-0.15, -0.1) is 0 Å². The van der Waals surface area contributed by atoms with E-state index in [1.54, 1.807) is 38.1 Å². The second kappa shape index (κ2) is 5.05. The zero-order valence-corrected chi connectivity index (χ0v) is 13.6.